The highest BCUT2D eigenvalue weighted by molar-refractivity contribution is 8.13. The average Bonchev–Trinajstić information content (AvgIpc) is 2.36. The molecule has 0 saturated carbocycles. The van der Waals surface area contributed by atoms with Crippen molar-refractivity contribution in [1.82, 2.24) is 0 Å². The highest BCUT2D eigenvalue weighted by atomic mass is 32.5. The van der Waals surface area contributed by atoms with Gasteiger partial charge in [-0.2, -0.15) is 0 Å². The third-order valence-corrected chi connectivity index (χ3v) is 4.83. The van der Waals surface area contributed by atoms with Crippen LogP contribution in [0.15, 0.2) is 0 Å². The molecule has 0 aliphatic carbocycles. The summed E-state index contributed by atoms with van der Waals surface area (Å²) in [4.78, 5) is 33.0. The first kappa shape index (κ1) is 28.7. The van der Waals surface area contributed by atoms with Gasteiger partial charge in [0.25, 0.3) is 0 Å². The van der Waals surface area contributed by atoms with Gasteiger partial charge in [0, 0.05) is 10.8 Å². The maximum absolute atomic E-state index is 8.43. The molecular weight excluding hydrogens is 390 g/mol. The van der Waals surface area contributed by atoms with E-state index in [1.165, 1.54) is 0 Å². The van der Waals surface area contributed by atoms with Gasteiger partial charge in [0.1, 0.15) is 0 Å². The van der Waals surface area contributed by atoms with Crippen LogP contribution in [-0.4, -0.2) is 66.4 Å². The second-order valence-electron chi connectivity index (χ2n) is 6.02. The van der Waals surface area contributed by atoms with Gasteiger partial charge in [-0.15, -0.1) is 0 Å². The fraction of sp³-hybridized carbons (Fsp3) is 1.00. The van der Waals surface area contributed by atoms with Crippen molar-refractivity contribution < 1.29 is 44.3 Å². The number of hydrogen-bond acceptors (Lipinski definition) is 7. The Labute approximate surface area is 146 Å². The summed E-state index contributed by atoms with van der Waals surface area (Å²) in [6.45, 7) is -0.642. The van der Waals surface area contributed by atoms with E-state index in [-0.39, 0.29) is 37.3 Å². The summed E-state index contributed by atoms with van der Waals surface area (Å²) < 4.78 is 3.70. The molecule has 0 fully saturated rings. The predicted molar refractivity (Wildman–Crippen MR) is 94.4 cm³/mol. The third-order valence-electron chi connectivity index (χ3n) is 1.92. The Balaban J connectivity index is -0.000000264. The van der Waals surface area contributed by atoms with Crippen LogP contribution in [-0.2, 0) is 27.9 Å². The summed E-state index contributed by atoms with van der Waals surface area (Å²) in [6, 6.07) is 0. The van der Waals surface area contributed by atoms with E-state index in [9.17, 15) is 0 Å². The number of aliphatic hydroxyl groups excluding tert-OH is 4. The van der Waals surface area contributed by atoms with Gasteiger partial charge in [-0.1, -0.05) is 27.7 Å². The van der Waals surface area contributed by atoms with Crippen LogP contribution in [0.1, 0.15) is 27.7 Å². The Bertz CT molecular complexity index is 344. The van der Waals surface area contributed by atoms with E-state index in [0.717, 1.165) is 0 Å². The summed E-state index contributed by atoms with van der Waals surface area (Å²) in [5, 5.41) is 33.7. The second kappa shape index (κ2) is 12.3. The minimum Gasteiger partial charge on any atom is -0.396 e. The molecule has 144 valence electrons. The summed E-state index contributed by atoms with van der Waals surface area (Å²) in [6.07, 6.45) is 0. The van der Waals surface area contributed by atoms with Gasteiger partial charge in [-0.05, 0) is 23.6 Å². The Morgan fingerprint density at radius 1 is 0.652 bits per heavy atom. The molecule has 0 heterocycles. The van der Waals surface area contributed by atoms with E-state index in [1.807, 2.05) is 0 Å². The zero-order valence-corrected chi connectivity index (χ0v) is 16.9. The average molecular weight is 418 g/mol. The first-order chi connectivity index (χ1) is 9.95. The van der Waals surface area contributed by atoms with Crippen LogP contribution in [0.25, 0.3) is 0 Å². The first-order valence-corrected chi connectivity index (χ1v) is 11.5. The molecule has 0 aromatic rings. The minimum atomic E-state index is -4.01. The van der Waals surface area contributed by atoms with Crippen LogP contribution in [0.2, 0.25) is 0 Å². The van der Waals surface area contributed by atoms with Gasteiger partial charge in [-0.25, -0.2) is 4.31 Å². The lowest BCUT2D eigenvalue weighted by Crippen LogP contribution is -2.20. The third kappa shape index (κ3) is 28.0. The molecule has 0 radical (unpaired) electrons. The molecule has 0 aliphatic heterocycles. The van der Waals surface area contributed by atoms with Crippen molar-refractivity contribution in [3.8, 4) is 0 Å². The van der Waals surface area contributed by atoms with E-state index < -0.39 is 13.4 Å². The van der Waals surface area contributed by atoms with Crippen molar-refractivity contribution in [1.29, 1.82) is 0 Å². The molecule has 0 saturated heterocycles. The normalized spacial score (nSPS) is 12.7. The number of hydrogen-bond donors (Lipinski definition) is 8. The van der Waals surface area contributed by atoms with Crippen LogP contribution in [0, 0.1) is 10.8 Å². The number of aliphatic hydroxyl groups is 4. The summed E-state index contributed by atoms with van der Waals surface area (Å²) in [7, 11) is 0. The summed E-state index contributed by atoms with van der Waals surface area (Å²) in [5.74, 6) is 0. The highest BCUT2D eigenvalue weighted by Crippen LogP contribution is 2.54. The standard InChI is InChI=1S/2C5H12O2.H4O5P2S2/c2*1-5(2,3-6)4-7;1-6(2,8)5-7(3,4)9/h2*6-7H,3-4H2,1-2H3;(H2,1,2,8)(H2,3,4,9). The smallest absolute Gasteiger partial charge is 0.329 e. The lowest BCUT2D eigenvalue weighted by molar-refractivity contribution is 0.0855. The van der Waals surface area contributed by atoms with E-state index >= 15 is 0 Å². The Morgan fingerprint density at radius 3 is 0.826 bits per heavy atom. The lowest BCUT2D eigenvalue weighted by atomic mass is 9.97. The van der Waals surface area contributed by atoms with E-state index in [1.54, 1.807) is 27.7 Å². The maximum atomic E-state index is 8.43. The van der Waals surface area contributed by atoms with Gasteiger partial charge in [0.2, 0.25) is 0 Å². The Morgan fingerprint density at radius 2 is 0.826 bits per heavy atom. The molecule has 0 aliphatic rings. The first-order valence-electron chi connectivity index (χ1n) is 6.21. The molecule has 13 heteroatoms. The molecule has 0 atom stereocenters. The SMILES string of the molecule is CC(C)(CO)CO.CC(C)(CO)CO.OP(O)(=S)OP(O)(O)=S. The van der Waals surface area contributed by atoms with Gasteiger partial charge in [-0.3, -0.25) is 0 Å². The molecule has 0 amide bonds. The molecular formula is C10H28O9P2S2. The highest BCUT2D eigenvalue weighted by Gasteiger charge is 2.19. The molecule has 0 bridgehead atoms. The van der Waals surface area contributed by atoms with E-state index in [4.69, 9.17) is 40.0 Å². The molecule has 0 aromatic heterocycles. The molecule has 23 heavy (non-hydrogen) atoms. The topological polar surface area (TPSA) is 171 Å². The lowest BCUT2D eigenvalue weighted by Gasteiger charge is -2.16. The molecule has 0 rings (SSSR count). The van der Waals surface area contributed by atoms with E-state index in [0.29, 0.717) is 0 Å². The van der Waals surface area contributed by atoms with Gasteiger partial charge in [0.05, 0.1) is 26.4 Å². The zero-order valence-electron chi connectivity index (χ0n) is 13.5. The van der Waals surface area contributed by atoms with E-state index in [2.05, 4.69) is 27.9 Å². The van der Waals surface area contributed by atoms with Gasteiger partial charge >= 0.3 is 13.4 Å². The Kier molecular flexibility index (Phi) is 15.4. The monoisotopic (exact) mass is 418 g/mol. The molecule has 8 N–H and O–H groups in total. The van der Waals surface area contributed by atoms with Crippen LogP contribution < -0.4 is 0 Å². The minimum absolute atomic E-state index is 0.0451. The molecule has 0 spiro atoms. The predicted octanol–water partition coefficient (Wildman–Crippen LogP) is -0.584. The van der Waals surface area contributed by atoms with Crippen molar-refractivity contribution >= 4 is 37.1 Å². The largest absolute Gasteiger partial charge is 0.396 e. The van der Waals surface area contributed by atoms with Crippen molar-refractivity contribution in [2.45, 2.75) is 27.7 Å². The number of rotatable bonds is 6. The molecule has 0 aromatic carbocycles. The summed E-state index contributed by atoms with van der Waals surface area (Å²) in [5.41, 5.74) is -0.611. The van der Waals surface area contributed by atoms with Crippen LogP contribution in [0.4, 0.5) is 0 Å². The van der Waals surface area contributed by atoms with Gasteiger partial charge in [0.15, 0.2) is 0 Å². The van der Waals surface area contributed by atoms with Crippen molar-refractivity contribution in [3.63, 3.8) is 0 Å². The molecule has 0 unspecified atom stereocenters. The van der Waals surface area contributed by atoms with Crippen LogP contribution in [0.3, 0.4) is 0 Å². The quantitative estimate of drug-likeness (QED) is 0.259. The Hall–Kier alpha value is 0.940. The van der Waals surface area contributed by atoms with Crippen molar-refractivity contribution in [2.24, 2.45) is 10.8 Å². The van der Waals surface area contributed by atoms with Crippen molar-refractivity contribution in [3.05, 3.63) is 0 Å². The van der Waals surface area contributed by atoms with Crippen molar-refractivity contribution in [2.75, 3.05) is 26.4 Å². The summed E-state index contributed by atoms with van der Waals surface area (Å²) >= 11 is 7.75. The van der Waals surface area contributed by atoms with Crippen LogP contribution in [0.5, 0.6) is 0 Å². The van der Waals surface area contributed by atoms with Gasteiger partial charge < -0.3 is 40.0 Å². The fourth-order valence-electron chi connectivity index (χ4n) is 0.239. The fourth-order valence-corrected chi connectivity index (χ4v) is 3.40. The second-order valence-corrected chi connectivity index (χ2v) is 11.5. The zero-order chi connectivity index (χ0) is 19.5. The maximum Gasteiger partial charge on any atom is 0.329 e. The van der Waals surface area contributed by atoms with Crippen LogP contribution >= 0.6 is 13.4 Å². The molecule has 9 nitrogen and oxygen atoms in total.